The smallest absolute Gasteiger partial charge is 0.259 e. The van der Waals surface area contributed by atoms with E-state index in [9.17, 15) is 4.79 Å². The number of para-hydroxylation sites is 1. The Labute approximate surface area is 191 Å². The monoisotopic (exact) mass is 439 g/mol. The SMILES string of the molecule is O=C(Nc1ccc(Oc2ccccc2)cc1)c1cccnc1NCc1ccc2c(c1)OCO2. The molecule has 164 valence electrons. The molecule has 1 aromatic heterocycles. The Hall–Kier alpha value is -4.52. The van der Waals surface area contributed by atoms with Crippen molar-refractivity contribution in [3.05, 3.63) is 102 Å². The second-order valence-electron chi connectivity index (χ2n) is 7.33. The molecule has 0 saturated heterocycles. The average Bonchev–Trinajstić information content (AvgIpc) is 3.33. The summed E-state index contributed by atoms with van der Waals surface area (Å²) in [4.78, 5) is 17.3. The molecule has 5 rings (SSSR count). The molecular weight excluding hydrogens is 418 g/mol. The Morgan fingerprint density at radius 2 is 1.67 bits per heavy atom. The zero-order valence-corrected chi connectivity index (χ0v) is 17.7. The zero-order valence-electron chi connectivity index (χ0n) is 17.7. The van der Waals surface area contributed by atoms with Crippen molar-refractivity contribution in [1.82, 2.24) is 4.98 Å². The normalized spacial score (nSPS) is 11.6. The molecule has 0 spiro atoms. The Bertz CT molecular complexity index is 1260. The van der Waals surface area contributed by atoms with E-state index in [4.69, 9.17) is 14.2 Å². The Morgan fingerprint density at radius 3 is 2.52 bits per heavy atom. The van der Waals surface area contributed by atoms with Gasteiger partial charge in [-0.05, 0) is 66.2 Å². The van der Waals surface area contributed by atoms with Gasteiger partial charge in [-0.3, -0.25) is 4.79 Å². The number of nitrogens with zero attached hydrogens (tertiary/aromatic N) is 1. The third-order valence-corrected chi connectivity index (χ3v) is 5.04. The van der Waals surface area contributed by atoms with Crippen LogP contribution in [0.3, 0.4) is 0 Å². The Balaban J connectivity index is 1.23. The summed E-state index contributed by atoms with van der Waals surface area (Å²) >= 11 is 0. The molecule has 0 saturated carbocycles. The predicted octanol–water partition coefficient (Wildman–Crippen LogP) is 5.47. The van der Waals surface area contributed by atoms with E-state index < -0.39 is 0 Å². The van der Waals surface area contributed by atoms with Crippen LogP contribution in [0.15, 0.2) is 91.1 Å². The van der Waals surface area contributed by atoms with E-state index in [0.717, 1.165) is 17.1 Å². The van der Waals surface area contributed by atoms with Crippen LogP contribution < -0.4 is 24.8 Å². The van der Waals surface area contributed by atoms with Gasteiger partial charge < -0.3 is 24.8 Å². The lowest BCUT2D eigenvalue weighted by Crippen LogP contribution is -2.15. The van der Waals surface area contributed by atoms with Crippen molar-refractivity contribution in [3.8, 4) is 23.0 Å². The van der Waals surface area contributed by atoms with E-state index in [-0.39, 0.29) is 12.7 Å². The number of benzene rings is 3. The number of carbonyl (C=O) groups is 1. The summed E-state index contributed by atoms with van der Waals surface area (Å²) in [5.74, 6) is 3.13. The lowest BCUT2D eigenvalue weighted by molar-refractivity contribution is 0.102. The summed E-state index contributed by atoms with van der Waals surface area (Å²) in [6.45, 7) is 0.718. The van der Waals surface area contributed by atoms with E-state index >= 15 is 0 Å². The summed E-state index contributed by atoms with van der Waals surface area (Å²) < 4.78 is 16.6. The fourth-order valence-electron chi connectivity index (χ4n) is 3.40. The van der Waals surface area contributed by atoms with Gasteiger partial charge in [-0.25, -0.2) is 4.98 Å². The number of pyridine rings is 1. The first-order valence-corrected chi connectivity index (χ1v) is 10.5. The molecule has 2 heterocycles. The van der Waals surface area contributed by atoms with Crippen LogP contribution in [0, 0.1) is 0 Å². The molecule has 1 aliphatic heterocycles. The molecule has 7 nitrogen and oxygen atoms in total. The fourth-order valence-corrected chi connectivity index (χ4v) is 3.40. The number of anilines is 2. The second-order valence-corrected chi connectivity index (χ2v) is 7.33. The Kier molecular flexibility index (Phi) is 5.75. The maximum atomic E-state index is 12.9. The largest absolute Gasteiger partial charge is 0.457 e. The predicted molar refractivity (Wildman–Crippen MR) is 125 cm³/mol. The van der Waals surface area contributed by atoms with E-state index in [0.29, 0.717) is 35.1 Å². The summed E-state index contributed by atoms with van der Waals surface area (Å²) in [6, 6.07) is 25.9. The highest BCUT2D eigenvalue weighted by molar-refractivity contribution is 6.07. The number of hydrogen-bond acceptors (Lipinski definition) is 6. The number of hydrogen-bond donors (Lipinski definition) is 2. The number of fused-ring (bicyclic) bond motifs is 1. The number of aromatic nitrogens is 1. The fraction of sp³-hybridized carbons (Fsp3) is 0.0769. The van der Waals surface area contributed by atoms with Crippen molar-refractivity contribution in [3.63, 3.8) is 0 Å². The summed E-state index contributed by atoms with van der Waals surface area (Å²) in [5.41, 5.74) is 2.10. The van der Waals surface area contributed by atoms with Gasteiger partial charge in [0.25, 0.3) is 5.91 Å². The molecule has 0 aliphatic carbocycles. The second kappa shape index (κ2) is 9.32. The quantitative estimate of drug-likeness (QED) is 0.398. The van der Waals surface area contributed by atoms with Gasteiger partial charge in [0.05, 0.1) is 5.56 Å². The van der Waals surface area contributed by atoms with Gasteiger partial charge in [-0.15, -0.1) is 0 Å². The number of ether oxygens (including phenoxy) is 3. The highest BCUT2D eigenvalue weighted by Gasteiger charge is 2.15. The number of rotatable bonds is 7. The molecule has 7 heteroatoms. The van der Waals surface area contributed by atoms with Gasteiger partial charge in [0, 0.05) is 18.4 Å². The van der Waals surface area contributed by atoms with Gasteiger partial charge in [0.2, 0.25) is 6.79 Å². The van der Waals surface area contributed by atoms with Crippen molar-refractivity contribution >= 4 is 17.4 Å². The maximum absolute atomic E-state index is 12.9. The maximum Gasteiger partial charge on any atom is 0.259 e. The number of carbonyl (C=O) groups excluding carboxylic acids is 1. The van der Waals surface area contributed by atoms with E-state index in [1.165, 1.54) is 0 Å². The molecule has 0 atom stereocenters. The van der Waals surface area contributed by atoms with E-state index in [1.54, 1.807) is 30.5 Å². The molecule has 4 aromatic rings. The molecular formula is C26H21N3O4. The van der Waals surface area contributed by atoms with Gasteiger partial charge in [-0.1, -0.05) is 24.3 Å². The third kappa shape index (κ3) is 4.88. The molecule has 33 heavy (non-hydrogen) atoms. The molecule has 0 bridgehead atoms. The molecule has 0 fully saturated rings. The first-order valence-electron chi connectivity index (χ1n) is 10.5. The minimum Gasteiger partial charge on any atom is -0.457 e. The van der Waals surface area contributed by atoms with Crippen molar-refractivity contribution in [2.75, 3.05) is 17.4 Å². The van der Waals surface area contributed by atoms with Crippen molar-refractivity contribution < 1.29 is 19.0 Å². The lowest BCUT2D eigenvalue weighted by atomic mass is 10.2. The molecule has 2 N–H and O–H groups in total. The van der Waals surface area contributed by atoms with E-state index in [1.807, 2.05) is 60.7 Å². The topological polar surface area (TPSA) is 81.7 Å². The van der Waals surface area contributed by atoms with Gasteiger partial charge in [0.1, 0.15) is 17.3 Å². The standard InChI is InChI=1S/C26H21N3O4/c30-26(29-19-9-11-21(12-10-19)33-20-5-2-1-3-6-20)22-7-4-14-27-25(22)28-16-18-8-13-23-24(15-18)32-17-31-23/h1-15H,16-17H2,(H,27,28)(H,29,30). The minimum absolute atomic E-state index is 0.232. The summed E-state index contributed by atoms with van der Waals surface area (Å²) in [7, 11) is 0. The molecule has 1 amide bonds. The van der Waals surface area contributed by atoms with Gasteiger partial charge >= 0.3 is 0 Å². The Morgan fingerprint density at radius 1 is 0.879 bits per heavy atom. The molecule has 0 radical (unpaired) electrons. The molecule has 3 aromatic carbocycles. The lowest BCUT2D eigenvalue weighted by Gasteiger charge is -2.12. The highest BCUT2D eigenvalue weighted by atomic mass is 16.7. The van der Waals surface area contributed by atoms with Crippen molar-refractivity contribution in [1.29, 1.82) is 0 Å². The minimum atomic E-state index is -0.256. The number of nitrogens with one attached hydrogen (secondary N) is 2. The van der Waals surface area contributed by atoms with Gasteiger partial charge in [0.15, 0.2) is 11.5 Å². The average molecular weight is 439 g/mol. The van der Waals surface area contributed by atoms with Crippen molar-refractivity contribution in [2.24, 2.45) is 0 Å². The van der Waals surface area contributed by atoms with Crippen molar-refractivity contribution in [2.45, 2.75) is 6.54 Å². The third-order valence-electron chi connectivity index (χ3n) is 5.04. The van der Waals surface area contributed by atoms with Crippen LogP contribution >= 0.6 is 0 Å². The summed E-state index contributed by atoms with van der Waals surface area (Å²) in [6.07, 6.45) is 1.65. The van der Waals surface area contributed by atoms with Crippen LogP contribution in [0.4, 0.5) is 11.5 Å². The number of amides is 1. The van der Waals surface area contributed by atoms with Crippen LogP contribution in [0.25, 0.3) is 0 Å². The molecule has 0 unspecified atom stereocenters. The molecule has 1 aliphatic rings. The van der Waals surface area contributed by atoms with Crippen LogP contribution in [0.5, 0.6) is 23.0 Å². The summed E-state index contributed by atoms with van der Waals surface area (Å²) in [5, 5.41) is 6.15. The van der Waals surface area contributed by atoms with Crippen LogP contribution in [-0.2, 0) is 6.54 Å². The first kappa shape index (κ1) is 20.4. The van der Waals surface area contributed by atoms with Crippen LogP contribution in [-0.4, -0.2) is 17.7 Å². The van der Waals surface area contributed by atoms with E-state index in [2.05, 4.69) is 15.6 Å². The van der Waals surface area contributed by atoms with Gasteiger partial charge in [-0.2, -0.15) is 0 Å². The van der Waals surface area contributed by atoms with Crippen LogP contribution in [0.2, 0.25) is 0 Å². The first-order chi connectivity index (χ1) is 16.2. The highest BCUT2D eigenvalue weighted by Crippen LogP contribution is 2.32. The van der Waals surface area contributed by atoms with Crippen LogP contribution in [0.1, 0.15) is 15.9 Å². The zero-order chi connectivity index (χ0) is 22.5.